The van der Waals surface area contributed by atoms with E-state index in [1.807, 2.05) is 6.26 Å². The van der Waals surface area contributed by atoms with E-state index in [9.17, 15) is 24.0 Å². The number of rotatable bonds is 14. The first-order valence-electron chi connectivity index (χ1n) is 8.81. The van der Waals surface area contributed by atoms with E-state index < -0.39 is 60.4 Å². The molecule has 4 amide bonds. The average molecular weight is 436 g/mol. The van der Waals surface area contributed by atoms with Gasteiger partial charge in [-0.1, -0.05) is 0 Å². The largest absolute Gasteiger partial charge is 0.480 e. The fourth-order valence-corrected chi connectivity index (χ4v) is 2.56. The van der Waals surface area contributed by atoms with Gasteiger partial charge in [-0.3, -0.25) is 19.2 Å². The molecule has 0 fully saturated rings. The number of primary amides is 1. The molecule has 0 aliphatic carbocycles. The molecular weight excluding hydrogens is 406 g/mol. The number of amides is 4. The molecule has 4 unspecified atom stereocenters. The Balaban J connectivity index is 4.95. The zero-order valence-electron chi connectivity index (χ0n) is 16.3. The van der Waals surface area contributed by atoms with Crippen LogP contribution < -0.4 is 27.4 Å². The van der Waals surface area contributed by atoms with Crippen molar-refractivity contribution in [3.63, 3.8) is 0 Å². The molecule has 9 N–H and O–H groups in total. The van der Waals surface area contributed by atoms with E-state index in [-0.39, 0.29) is 19.3 Å². The van der Waals surface area contributed by atoms with Gasteiger partial charge in [0.15, 0.2) is 0 Å². The number of carboxylic acid groups (broad SMARTS) is 1. The molecule has 166 valence electrons. The maximum atomic E-state index is 12.4. The van der Waals surface area contributed by atoms with Gasteiger partial charge in [0, 0.05) is 6.42 Å². The standard InChI is InChI=1S/C16H29N5O7S/c1-8(13(24)21-11(16(27)28)3-4-12(18)23)19-15(26)10(5-6-29-2)20-14(25)9(17)7-22/h8-11,22H,3-7,17H2,1-2H3,(H2,18,23)(H,19,26)(H,20,25)(H,21,24)(H,27,28). The first-order valence-corrected chi connectivity index (χ1v) is 10.2. The van der Waals surface area contributed by atoms with Crippen molar-refractivity contribution in [1.29, 1.82) is 0 Å². The number of carbonyl (C=O) groups excluding carboxylic acids is 4. The van der Waals surface area contributed by atoms with Gasteiger partial charge in [-0.15, -0.1) is 0 Å². The summed E-state index contributed by atoms with van der Waals surface area (Å²) in [4.78, 5) is 58.5. The summed E-state index contributed by atoms with van der Waals surface area (Å²) >= 11 is 1.44. The summed E-state index contributed by atoms with van der Waals surface area (Å²) in [5.74, 6) is -3.69. The Hall–Kier alpha value is -2.38. The lowest BCUT2D eigenvalue weighted by Gasteiger charge is -2.23. The van der Waals surface area contributed by atoms with Crippen LogP contribution in [0.3, 0.4) is 0 Å². The normalized spacial score (nSPS) is 14.8. The van der Waals surface area contributed by atoms with Gasteiger partial charge in [-0.05, 0) is 31.8 Å². The highest BCUT2D eigenvalue weighted by atomic mass is 32.2. The third-order valence-corrected chi connectivity index (χ3v) is 4.47. The second-order valence-electron chi connectivity index (χ2n) is 6.27. The number of hydrogen-bond donors (Lipinski definition) is 7. The van der Waals surface area contributed by atoms with Crippen LogP contribution in [0.15, 0.2) is 0 Å². The van der Waals surface area contributed by atoms with Crippen LogP contribution in [-0.4, -0.2) is 82.6 Å². The smallest absolute Gasteiger partial charge is 0.326 e. The molecule has 29 heavy (non-hydrogen) atoms. The van der Waals surface area contributed by atoms with Crippen LogP contribution in [0.5, 0.6) is 0 Å². The number of nitrogens with two attached hydrogens (primary N) is 2. The Labute approximate surface area is 172 Å². The average Bonchev–Trinajstić information content (AvgIpc) is 2.66. The van der Waals surface area contributed by atoms with E-state index in [1.165, 1.54) is 18.7 Å². The molecule has 0 radical (unpaired) electrons. The van der Waals surface area contributed by atoms with Gasteiger partial charge in [0.25, 0.3) is 0 Å². The summed E-state index contributed by atoms with van der Waals surface area (Å²) in [6.07, 6.45) is 1.64. The van der Waals surface area contributed by atoms with Crippen LogP contribution in [0.1, 0.15) is 26.2 Å². The fourth-order valence-electron chi connectivity index (χ4n) is 2.09. The van der Waals surface area contributed by atoms with Crippen LogP contribution in [0.2, 0.25) is 0 Å². The topological polar surface area (TPSA) is 214 Å². The molecule has 13 heteroatoms. The van der Waals surface area contributed by atoms with Gasteiger partial charge >= 0.3 is 5.97 Å². The highest BCUT2D eigenvalue weighted by Gasteiger charge is 2.28. The monoisotopic (exact) mass is 435 g/mol. The number of hydrogen-bond acceptors (Lipinski definition) is 8. The van der Waals surface area contributed by atoms with E-state index >= 15 is 0 Å². The van der Waals surface area contributed by atoms with Gasteiger partial charge < -0.3 is 37.6 Å². The van der Waals surface area contributed by atoms with Crippen molar-refractivity contribution < 1.29 is 34.2 Å². The van der Waals surface area contributed by atoms with Crippen molar-refractivity contribution in [2.45, 2.75) is 50.4 Å². The molecule has 0 aliphatic heterocycles. The highest BCUT2D eigenvalue weighted by molar-refractivity contribution is 7.98. The molecule has 4 atom stereocenters. The Morgan fingerprint density at radius 2 is 1.55 bits per heavy atom. The zero-order valence-corrected chi connectivity index (χ0v) is 17.2. The van der Waals surface area contributed by atoms with Crippen molar-refractivity contribution in [2.75, 3.05) is 18.6 Å². The summed E-state index contributed by atoms with van der Waals surface area (Å²) in [6.45, 7) is 0.747. The first-order chi connectivity index (χ1) is 13.5. The second-order valence-corrected chi connectivity index (χ2v) is 7.25. The van der Waals surface area contributed by atoms with E-state index in [4.69, 9.17) is 21.7 Å². The SMILES string of the molecule is CSCCC(NC(=O)C(N)CO)C(=O)NC(C)C(=O)NC(CCC(N)=O)C(=O)O. The highest BCUT2D eigenvalue weighted by Crippen LogP contribution is 2.03. The van der Waals surface area contributed by atoms with Gasteiger partial charge in [-0.25, -0.2) is 4.79 Å². The summed E-state index contributed by atoms with van der Waals surface area (Å²) in [7, 11) is 0. The lowest BCUT2D eigenvalue weighted by molar-refractivity contribution is -0.142. The fraction of sp³-hybridized carbons (Fsp3) is 0.688. The van der Waals surface area contributed by atoms with E-state index in [0.717, 1.165) is 0 Å². The number of thioether (sulfide) groups is 1. The number of carbonyl (C=O) groups is 5. The minimum Gasteiger partial charge on any atom is -0.480 e. The Bertz CT molecular complexity index is 604. The number of nitrogens with one attached hydrogen (secondary N) is 3. The molecule has 0 aliphatic rings. The van der Waals surface area contributed by atoms with Gasteiger partial charge in [-0.2, -0.15) is 11.8 Å². The summed E-state index contributed by atoms with van der Waals surface area (Å²) in [5, 5.41) is 25.1. The molecule has 0 aromatic heterocycles. The van der Waals surface area contributed by atoms with Crippen molar-refractivity contribution in [3.8, 4) is 0 Å². The van der Waals surface area contributed by atoms with Crippen LogP contribution in [0.4, 0.5) is 0 Å². The van der Waals surface area contributed by atoms with Crippen molar-refractivity contribution in [3.05, 3.63) is 0 Å². The molecule has 0 bridgehead atoms. The molecule has 0 saturated heterocycles. The predicted octanol–water partition coefficient (Wildman–Crippen LogP) is -3.12. The summed E-state index contributed by atoms with van der Waals surface area (Å²) < 4.78 is 0. The van der Waals surface area contributed by atoms with Crippen LogP contribution in [0, 0.1) is 0 Å². The lowest BCUT2D eigenvalue weighted by atomic mass is 10.1. The van der Waals surface area contributed by atoms with Crippen molar-refractivity contribution in [2.24, 2.45) is 11.5 Å². The van der Waals surface area contributed by atoms with E-state index in [1.54, 1.807) is 0 Å². The second kappa shape index (κ2) is 13.7. The van der Waals surface area contributed by atoms with E-state index in [2.05, 4.69) is 16.0 Å². The van der Waals surface area contributed by atoms with Gasteiger partial charge in [0.2, 0.25) is 23.6 Å². The molecular formula is C16H29N5O7S. The van der Waals surface area contributed by atoms with E-state index in [0.29, 0.717) is 5.75 Å². The minimum absolute atomic E-state index is 0.192. The molecule has 0 spiro atoms. The number of carboxylic acids is 1. The number of aliphatic hydroxyl groups is 1. The van der Waals surface area contributed by atoms with Crippen molar-refractivity contribution in [1.82, 2.24) is 16.0 Å². The zero-order chi connectivity index (χ0) is 22.6. The molecule has 12 nitrogen and oxygen atoms in total. The molecule has 0 aromatic carbocycles. The minimum atomic E-state index is -1.35. The number of aliphatic hydroxyl groups excluding tert-OH is 1. The molecule has 0 rings (SSSR count). The Morgan fingerprint density at radius 3 is 2.03 bits per heavy atom. The third kappa shape index (κ3) is 10.7. The molecule has 0 aromatic rings. The van der Waals surface area contributed by atoms with Crippen LogP contribution >= 0.6 is 11.8 Å². The summed E-state index contributed by atoms with van der Waals surface area (Å²) in [6, 6.07) is -4.64. The van der Waals surface area contributed by atoms with Gasteiger partial charge in [0.1, 0.15) is 24.2 Å². The maximum Gasteiger partial charge on any atom is 0.326 e. The Morgan fingerprint density at radius 1 is 0.966 bits per heavy atom. The third-order valence-electron chi connectivity index (χ3n) is 3.82. The van der Waals surface area contributed by atoms with Crippen LogP contribution in [-0.2, 0) is 24.0 Å². The van der Waals surface area contributed by atoms with Gasteiger partial charge in [0.05, 0.1) is 6.61 Å². The number of aliphatic carboxylic acids is 1. The predicted molar refractivity (Wildman–Crippen MR) is 106 cm³/mol. The lowest BCUT2D eigenvalue weighted by Crippen LogP contribution is -2.56. The molecule has 0 saturated carbocycles. The van der Waals surface area contributed by atoms with Crippen molar-refractivity contribution >= 4 is 41.4 Å². The Kier molecular flexibility index (Phi) is 12.6. The first kappa shape index (κ1) is 26.6. The van der Waals surface area contributed by atoms with Crippen LogP contribution in [0.25, 0.3) is 0 Å². The maximum absolute atomic E-state index is 12.4. The quantitative estimate of drug-likeness (QED) is 0.147. The summed E-state index contributed by atoms with van der Waals surface area (Å²) in [5.41, 5.74) is 10.4. The molecule has 0 heterocycles.